The average molecular weight is 717 g/mol. The number of nitrogens with one attached hydrogen (secondary N) is 4. The van der Waals surface area contributed by atoms with E-state index >= 15 is 0 Å². The number of carbonyl (C=O) groups is 4. The number of rotatable bonds is 19. The second kappa shape index (κ2) is 22.1. The monoisotopic (exact) mass is 716 g/mol. The molecule has 4 amide bonds. The fourth-order valence-electron chi connectivity index (χ4n) is 4.43. The van der Waals surface area contributed by atoms with Crippen LogP contribution in [0.4, 0.5) is 9.59 Å². The lowest BCUT2D eigenvalue weighted by Crippen LogP contribution is -2.53. The van der Waals surface area contributed by atoms with Crippen molar-refractivity contribution in [2.45, 2.75) is 157 Å². The molecule has 0 saturated carbocycles. The number of guanidine groups is 1. The number of carbonyl (C=O) groups excluding carboxylic acids is 4. The quantitative estimate of drug-likeness (QED) is 0.0426. The maximum Gasteiger partial charge on any atom is 0.414 e. The lowest BCUT2D eigenvalue weighted by Gasteiger charge is -2.34. The highest BCUT2D eigenvalue weighted by molar-refractivity contribution is 6.48. The van der Waals surface area contributed by atoms with Gasteiger partial charge in [0.15, 0.2) is 0 Å². The van der Waals surface area contributed by atoms with E-state index in [0.717, 1.165) is 12.8 Å². The van der Waals surface area contributed by atoms with E-state index in [-0.39, 0.29) is 24.2 Å². The fraction of sp³-hybridized carbons (Fsp3) is 0.853. The Hall–Kier alpha value is -2.75. The predicted octanol–water partition coefficient (Wildman–Crippen LogP) is 5.76. The summed E-state index contributed by atoms with van der Waals surface area (Å²) in [5.74, 6) is -1.63. The molecule has 0 aromatic carbocycles. The summed E-state index contributed by atoms with van der Waals surface area (Å²) < 4.78 is 28.3. The van der Waals surface area contributed by atoms with Crippen molar-refractivity contribution in [2.24, 2.45) is 10.4 Å². The van der Waals surface area contributed by atoms with Crippen molar-refractivity contribution < 1.29 is 42.6 Å². The Morgan fingerprint density at radius 1 is 0.735 bits per heavy atom. The first-order valence-electron chi connectivity index (χ1n) is 17.4. The van der Waals surface area contributed by atoms with Crippen LogP contribution in [0, 0.1) is 5.41 Å². The van der Waals surface area contributed by atoms with E-state index in [0.29, 0.717) is 52.0 Å². The SMILES string of the molecule is CCOC(CCCNC(=O)C(NC(=O)CCCCCCN=C(NC(=O)OC(C)(C)C)NC(=O)OC(C)(C)C)C(C)(C)C)(OCC)O[Si](C)C. The summed E-state index contributed by atoms with van der Waals surface area (Å²) in [4.78, 5) is 54.8. The highest BCUT2D eigenvalue weighted by Crippen LogP contribution is 2.24. The zero-order valence-corrected chi connectivity index (χ0v) is 33.5. The number of ether oxygens (including phenoxy) is 4. The van der Waals surface area contributed by atoms with Crippen molar-refractivity contribution in [3.63, 3.8) is 0 Å². The molecule has 1 radical (unpaired) electrons. The first-order valence-corrected chi connectivity index (χ1v) is 19.8. The van der Waals surface area contributed by atoms with Crippen LogP contribution in [0.25, 0.3) is 0 Å². The molecule has 0 rings (SSSR count). The first-order chi connectivity index (χ1) is 22.5. The number of aliphatic imine (C=N–C) groups is 1. The lowest BCUT2D eigenvalue weighted by atomic mass is 9.86. The molecule has 0 aliphatic heterocycles. The van der Waals surface area contributed by atoms with Gasteiger partial charge in [0.25, 0.3) is 5.97 Å². The summed E-state index contributed by atoms with van der Waals surface area (Å²) in [7, 11) is -1.10. The second-order valence-electron chi connectivity index (χ2n) is 15.0. The minimum atomic E-state index is -1.12. The number of amides is 4. The van der Waals surface area contributed by atoms with E-state index in [1.165, 1.54) is 0 Å². The van der Waals surface area contributed by atoms with Gasteiger partial charge in [0, 0.05) is 39.1 Å². The van der Waals surface area contributed by atoms with Gasteiger partial charge in [0.05, 0.1) is 0 Å². The van der Waals surface area contributed by atoms with Crippen LogP contribution in [0.3, 0.4) is 0 Å². The van der Waals surface area contributed by atoms with Crippen LogP contribution in [-0.2, 0) is 33.0 Å². The topological polar surface area (TPSA) is 175 Å². The molecule has 1 atom stereocenters. The fourth-order valence-corrected chi connectivity index (χ4v) is 5.27. The van der Waals surface area contributed by atoms with E-state index in [1.807, 2.05) is 47.7 Å². The molecule has 0 saturated heterocycles. The zero-order valence-electron chi connectivity index (χ0n) is 32.5. The van der Waals surface area contributed by atoms with Gasteiger partial charge in [-0.15, -0.1) is 0 Å². The van der Waals surface area contributed by atoms with Crippen molar-refractivity contribution in [3.05, 3.63) is 0 Å². The van der Waals surface area contributed by atoms with Crippen LogP contribution in [0.2, 0.25) is 13.1 Å². The number of unbranched alkanes of at least 4 members (excludes halogenated alkanes) is 3. The zero-order chi connectivity index (χ0) is 37.9. The molecule has 0 heterocycles. The Bertz CT molecular complexity index is 1010. The van der Waals surface area contributed by atoms with E-state index < -0.39 is 49.9 Å². The van der Waals surface area contributed by atoms with Gasteiger partial charge in [-0.25, -0.2) is 9.59 Å². The van der Waals surface area contributed by atoms with Gasteiger partial charge in [-0.05, 0) is 93.2 Å². The van der Waals surface area contributed by atoms with Gasteiger partial charge in [0.2, 0.25) is 26.8 Å². The maximum absolute atomic E-state index is 13.2. The summed E-state index contributed by atoms with van der Waals surface area (Å²) in [6.07, 6.45) is 2.61. The van der Waals surface area contributed by atoms with Crippen molar-refractivity contribution in [1.82, 2.24) is 21.3 Å². The number of nitrogens with zero attached hydrogens (tertiary/aromatic N) is 1. The molecular formula is C34H66N5O9Si. The summed E-state index contributed by atoms with van der Waals surface area (Å²) in [5.41, 5.74) is -1.95. The molecule has 0 aliphatic rings. The van der Waals surface area contributed by atoms with Crippen molar-refractivity contribution in [1.29, 1.82) is 0 Å². The van der Waals surface area contributed by atoms with E-state index in [9.17, 15) is 19.2 Å². The first kappa shape index (κ1) is 46.2. The van der Waals surface area contributed by atoms with Crippen LogP contribution in [0.5, 0.6) is 0 Å². The summed E-state index contributed by atoms with van der Waals surface area (Å²) >= 11 is 0. The summed E-state index contributed by atoms with van der Waals surface area (Å²) in [6, 6.07) is -0.705. The average Bonchev–Trinajstić information content (AvgIpc) is 2.90. The molecule has 15 heteroatoms. The molecule has 285 valence electrons. The number of hydrogen-bond acceptors (Lipinski definition) is 10. The van der Waals surface area contributed by atoms with Crippen molar-refractivity contribution in [3.8, 4) is 0 Å². The Morgan fingerprint density at radius 2 is 1.24 bits per heavy atom. The Balaban J connectivity index is 4.92. The van der Waals surface area contributed by atoms with Gasteiger partial charge in [0.1, 0.15) is 17.2 Å². The maximum atomic E-state index is 13.2. The third-order valence-electron chi connectivity index (χ3n) is 6.30. The molecule has 0 fully saturated rings. The van der Waals surface area contributed by atoms with Crippen LogP contribution in [0.1, 0.15) is 121 Å². The minimum absolute atomic E-state index is 0.0672. The van der Waals surface area contributed by atoms with E-state index in [4.69, 9.17) is 23.4 Å². The molecule has 0 aromatic heterocycles. The highest BCUT2D eigenvalue weighted by Gasteiger charge is 2.35. The standard InChI is InChI=1S/C34H66N5O9Si/c1-14-44-34(45-15-2,48-49(12)13)22-20-24-35-27(41)26(31(3,4)5)37-25(40)21-18-16-17-19-23-36-28(38-29(42)46-32(6,7)8)39-30(43)47-33(9,10)11/h26H,14-24H2,1-13H3,(H,35,41)(H,37,40)(H2,36,38,39,42,43). The van der Waals surface area contributed by atoms with Crippen molar-refractivity contribution >= 4 is 39.0 Å². The third-order valence-corrected chi connectivity index (χ3v) is 7.02. The smallest absolute Gasteiger partial charge is 0.414 e. The molecular weight excluding hydrogens is 650 g/mol. The number of hydrogen-bond donors (Lipinski definition) is 4. The minimum Gasteiger partial charge on any atom is -0.444 e. The van der Waals surface area contributed by atoms with Gasteiger partial charge < -0.3 is 34.0 Å². The highest BCUT2D eigenvalue weighted by atomic mass is 28.3. The molecule has 4 N–H and O–H groups in total. The molecule has 14 nitrogen and oxygen atoms in total. The third kappa shape index (κ3) is 23.3. The molecule has 1 unspecified atom stereocenters. The Morgan fingerprint density at radius 3 is 1.69 bits per heavy atom. The normalized spacial score (nSPS) is 12.9. The second-order valence-corrected chi connectivity index (χ2v) is 17.0. The Kier molecular flexibility index (Phi) is 20.9. The lowest BCUT2D eigenvalue weighted by molar-refractivity contribution is -0.346. The van der Waals surface area contributed by atoms with E-state index in [2.05, 4.69) is 26.3 Å². The van der Waals surface area contributed by atoms with Crippen LogP contribution in [0.15, 0.2) is 4.99 Å². The van der Waals surface area contributed by atoms with E-state index in [1.54, 1.807) is 41.5 Å². The van der Waals surface area contributed by atoms with Crippen LogP contribution < -0.4 is 21.3 Å². The molecule has 49 heavy (non-hydrogen) atoms. The van der Waals surface area contributed by atoms with Gasteiger partial charge >= 0.3 is 12.2 Å². The molecule has 0 aromatic rings. The number of alkyl carbamates (subject to hydrolysis) is 2. The largest absolute Gasteiger partial charge is 0.444 e. The van der Waals surface area contributed by atoms with Crippen LogP contribution in [-0.4, -0.2) is 88.5 Å². The molecule has 0 aliphatic carbocycles. The molecule has 0 bridgehead atoms. The Labute approximate surface area is 296 Å². The van der Waals surface area contributed by atoms with Gasteiger partial charge in [-0.2, -0.15) is 0 Å². The van der Waals surface area contributed by atoms with Crippen molar-refractivity contribution in [2.75, 3.05) is 26.3 Å². The predicted molar refractivity (Wildman–Crippen MR) is 192 cm³/mol. The summed E-state index contributed by atoms with van der Waals surface area (Å²) in [5, 5.41) is 10.8. The van der Waals surface area contributed by atoms with Crippen LogP contribution >= 0.6 is 0 Å². The molecule has 0 spiro atoms. The summed E-state index contributed by atoms with van der Waals surface area (Å²) in [6.45, 7) is 25.5. The van der Waals surface area contributed by atoms with Gasteiger partial charge in [-0.1, -0.05) is 33.6 Å². The van der Waals surface area contributed by atoms with Gasteiger partial charge in [-0.3, -0.25) is 25.2 Å².